The number of imidazole rings is 1. The number of nitrogens with zero attached hydrogens (tertiary/aromatic N) is 6. The van der Waals surface area contributed by atoms with Crippen LogP contribution in [0.3, 0.4) is 0 Å². The van der Waals surface area contributed by atoms with Gasteiger partial charge in [0.15, 0.2) is 5.65 Å². The lowest BCUT2D eigenvalue weighted by Gasteiger charge is -2.30. The molecule has 8 nitrogen and oxygen atoms in total. The summed E-state index contributed by atoms with van der Waals surface area (Å²) in [6.45, 7) is 3.64. The van der Waals surface area contributed by atoms with Crippen molar-refractivity contribution < 1.29 is 5.11 Å². The van der Waals surface area contributed by atoms with E-state index in [0.29, 0.717) is 28.0 Å². The van der Waals surface area contributed by atoms with Gasteiger partial charge in [-0.3, -0.25) is 9.13 Å². The summed E-state index contributed by atoms with van der Waals surface area (Å²) in [5, 5.41) is 28.1. The van der Waals surface area contributed by atoms with Crippen LogP contribution in [0.5, 0.6) is 5.75 Å². The van der Waals surface area contributed by atoms with E-state index in [1.165, 1.54) is 6.07 Å². The molecule has 0 radical (unpaired) electrons. The molecule has 0 saturated carbocycles. The summed E-state index contributed by atoms with van der Waals surface area (Å²) in [7, 11) is 3.78. The monoisotopic (exact) mass is 378 g/mol. The maximum absolute atomic E-state index is 12.9. The van der Waals surface area contributed by atoms with Gasteiger partial charge in [0, 0.05) is 19.2 Å². The highest BCUT2D eigenvalue weighted by atomic mass is 16.3. The molecule has 1 unspecified atom stereocenters. The Labute approximate surface area is 162 Å². The quantitative estimate of drug-likeness (QED) is 0.732. The van der Waals surface area contributed by atoms with Crippen molar-refractivity contribution in [3.05, 3.63) is 39.8 Å². The number of rotatable bonds is 2. The molecule has 3 aromatic rings. The van der Waals surface area contributed by atoms with E-state index in [9.17, 15) is 9.90 Å². The zero-order valence-corrected chi connectivity index (χ0v) is 16.2. The summed E-state index contributed by atoms with van der Waals surface area (Å²) in [5.74, 6) is -0.0245. The fourth-order valence-corrected chi connectivity index (χ4v) is 4.12. The van der Waals surface area contributed by atoms with E-state index in [1.807, 2.05) is 13.0 Å². The Morgan fingerprint density at radius 1 is 1.25 bits per heavy atom. The van der Waals surface area contributed by atoms with E-state index < -0.39 is 0 Å². The van der Waals surface area contributed by atoms with Gasteiger partial charge in [-0.1, -0.05) is 0 Å². The Morgan fingerprint density at radius 2 is 2.04 bits per heavy atom. The number of aryl methyl sites for hydroxylation is 2. The number of hydrogen-bond acceptors (Lipinski definition) is 6. The van der Waals surface area contributed by atoms with Crippen LogP contribution in [0, 0.1) is 18.3 Å². The van der Waals surface area contributed by atoms with Crippen LogP contribution in [0.15, 0.2) is 23.0 Å². The molecule has 1 aromatic carbocycles. The van der Waals surface area contributed by atoms with Crippen molar-refractivity contribution in [2.45, 2.75) is 25.8 Å². The van der Waals surface area contributed by atoms with Crippen LogP contribution in [0.4, 0.5) is 0 Å². The zero-order valence-electron chi connectivity index (χ0n) is 16.2. The molecular weight excluding hydrogens is 356 g/mol. The number of benzene rings is 1. The normalized spacial score (nSPS) is 17.7. The molecule has 0 spiro atoms. The molecule has 1 fully saturated rings. The number of aromatic nitrogens is 4. The third-order valence-electron chi connectivity index (χ3n) is 5.50. The summed E-state index contributed by atoms with van der Waals surface area (Å²) >= 11 is 0. The van der Waals surface area contributed by atoms with Gasteiger partial charge < -0.3 is 10.0 Å². The van der Waals surface area contributed by atoms with Crippen molar-refractivity contribution >= 4 is 11.2 Å². The first kappa shape index (κ1) is 18.2. The Balaban J connectivity index is 1.87. The summed E-state index contributed by atoms with van der Waals surface area (Å²) in [4.78, 5) is 15.1. The lowest BCUT2D eigenvalue weighted by molar-refractivity contribution is 0.211. The summed E-state index contributed by atoms with van der Waals surface area (Å²) in [6, 6.07) is 6.99. The summed E-state index contributed by atoms with van der Waals surface area (Å²) in [5.41, 5.74) is 3.22. The minimum Gasteiger partial charge on any atom is -0.507 e. The molecule has 2 aromatic heterocycles. The predicted octanol–water partition coefficient (Wildman–Crippen LogP) is 1.95. The molecule has 144 valence electrons. The molecule has 4 rings (SSSR count). The highest BCUT2D eigenvalue weighted by molar-refractivity contribution is 5.80. The third-order valence-corrected chi connectivity index (χ3v) is 5.50. The van der Waals surface area contributed by atoms with Gasteiger partial charge in [-0.15, -0.1) is 10.2 Å². The second-order valence-corrected chi connectivity index (χ2v) is 7.51. The lowest BCUT2D eigenvalue weighted by Crippen LogP contribution is -2.37. The molecule has 1 aliphatic rings. The second kappa shape index (κ2) is 6.77. The van der Waals surface area contributed by atoms with Gasteiger partial charge in [0.25, 0.3) is 0 Å². The van der Waals surface area contributed by atoms with Gasteiger partial charge in [-0.2, -0.15) is 5.26 Å². The molecule has 1 atom stereocenters. The number of fused-ring (bicyclic) bond motifs is 1. The Kier molecular flexibility index (Phi) is 4.40. The highest BCUT2D eigenvalue weighted by Gasteiger charge is 2.25. The minimum absolute atomic E-state index is 0.0245. The first-order valence-electron chi connectivity index (χ1n) is 9.28. The van der Waals surface area contributed by atoms with Gasteiger partial charge in [0.1, 0.15) is 5.75 Å². The van der Waals surface area contributed by atoms with E-state index in [0.717, 1.165) is 31.5 Å². The number of hydrogen-bond donors (Lipinski definition) is 1. The molecule has 1 aliphatic heterocycles. The van der Waals surface area contributed by atoms with E-state index in [4.69, 9.17) is 5.26 Å². The van der Waals surface area contributed by atoms with E-state index in [2.05, 4.69) is 22.1 Å². The zero-order chi connectivity index (χ0) is 20.0. The van der Waals surface area contributed by atoms with Crippen molar-refractivity contribution in [3.8, 4) is 23.1 Å². The largest absolute Gasteiger partial charge is 0.507 e. The number of phenolic OH excluding ortho intramolecular Hbond substituents is 1. The second-order valence-electron chi connectivity index (χ2n) is 7.51. The average molecular weight is 378 g/mol. The Bertz CT molecular complexity index is 1150. The molecule has 3 heterocycles. The van der Waals surface area contributed by atoms with Crippen LogP contribution in [0.2, 0.25) is 0 Å². The van der Waals surface area contributed by atoms with E-state index in [-0.39, 0.29) is 17.5 Å². The van der Waals surface area contributed by atoms with Crippen LogP contribution in [-0.2, 0) is 7.05 Å². The molecule has 1 saturated heterocycles. The van der Waals surface area contributed by atoms with Crippen molar-refractivity contribution in [2.24, 2.45) is 7.05 Å². The van der Waals surface area contributed by atoms with Crippen molar-refractivity contribution in [1.29, 1.82) is 5.26 Å². The summed E-state index contributed by atoms with van der Waals surface area (Å²) in [6.07, 6.45) is 1.97. The molecule has 0 amide bonds. The molecule has 1 N–H and O–H groups in total. The number of nitriles is 1. The van der Waals surface area contributed by atoms with Gasteiger partial charge in [0.2, 0.25) is 0 Å². The third kappa shape index (κ3) is 2.84. The molecule has 28 heavy (non-hydrogen) atoms. The van der Waals surface area contributed by atoms with Crippen LogP contribution >= 0.6 is 0 Å². The van der Waals surface area contributed by atoms with Crippen molar-refractivity contribution in [2.75, 3.05) is 20.1 Å². The predicted molar refractivity (Wildman–Crippen MR) is 105 cm³/mol. The average Bonchev–Trinajstić information content (AvgIpc) is 2.91. The SMILES string of the molecule is Cc1cc(C#N)cc(O)c1-c1cc2c(nn1)n(C1CCCN(C)C1)c(=O)n2C. The maximum Gasteiger partial charge on any atom is 0.330 e. The van der Waals surface area contributed by atoms with Crippen molar-refractivity contribution in [1.82, 2.24) is 24.2 Å². The van der Waals surface area contributed by atoms with Crippen molar-refractivity contribution in [3.63, 3.8) is 0 Å². The number of aromatic hydroxyl groups is 1. The smallest absolute Gasteiger partial charge is 0.330 e. The molecular formula is C20H22N6O2. The molecule has 0 aliphatic carbocycles. The lowest BCUT2D eigenvalue weighted by atomic mass is 10.0. The van der Waals surface area contributed by atoms with Gasteiger partial charge in [-0.05, 0) is 57.1 Å². The number of piperidine rings is 1. The van der Waals surface area contributed by atoms with Crippen LogP contribution < -0.4 is 5.69 Å². The molecule has 8 heteroatoms. The minimum atomic E-state index is -0.109. The van der Waals surface area contributed by atoms with Crippen LogP contribution in [-0.4, -0.2) is 49.5 Å². The number of likely N-dealkylation sites (tertiary alicyclic amines) is 1. The topological polar surface area (TPSA) is 100.0 Å². The van der Waals surface area contributed by atoms with Gasteiger partial charge in [0.05, 0.1) is 28.9 Å². The highest BCUT2D eigenvalue weighted by Crippen LogP contribution is 2.33. The first-order valence-corrected chi connectivity index (χ1v) is 9.28. The molecule has 0 bridgehead atoms. The van der Waals surface area contributed by atoms with Crippen LogP contribution in [0.1, 0.15) is 30.0 Å². The first-order chi connectivity index (χ1) is 13.4. The van der Waals surface area contributed by atoms with Gasteiger partial charge >= 0.3 is 5.69 Å². The van der Waals surface area contributed by atoms with Gasteiger partial charge in [-0.25, -0.2) is 4.79 Å². The fourth-order valence-electron chi connectivity index (χ4n) is 4.12. The van der Waals surface area contributed by atoms with E-state index >= 15 is 0 Å². The fraction of sp³-hybridized carbons (Fsp3) is 0.400. The summed E-state index contributed by atoms with van der Waals surface area (Å²) < 4.78 is 3.32. The number of phenols is 1. The number of likely N-dealkylation sites (N-methyl/N-ethyl adjacent to an activating group) is 1. The maximum atomic E-state index is 12.9. The van der Waals surface area contributed by atoms with E-state index in [1.54, 1.807) is 28.3 Å². The standard InChI is InChI=1S/C20H22N6O2/c1-12-7-13(10-21)8-17(27)18(12)15-9-16-19(23-22-15)26(20(28)25(16)3)14-5-4-6-24(2)11-14/h7-9,14,27H,4-6,11H2,1-3H3. The Morgan fingerprint density at radius 3 is 2.71 bits per heavy atom. The van der Waals surface area contributed by atoms with Crippen LogP contribution in [0.25, 0.3) is 22.4 Å². The Hall–Kier alpha value is -3.18.